The van der Waals surface area contributed by atoms with Crippen molar-refractivity contribution in [2.45, 2.75) is 25.8 Å². The van der Waals surface area contributed by atoms with Crippen molar-refractivity contribution in [2.75, 3.05) is 5.32 Å². The number of halogens is 1. The first-order chi connectivity index (χ1) is 13.8. The Morgan fingerprint density at radius 2 is 2.14 bits per heavy atom. The van der Waals surface area contributed by atoms with E-state index in [0.717, 1.165) is 6.07 Å². The van der Waals surface area contributed by atoms with Gasteiger partial charge in [-0.3, -0.25) is 13.9 Å². The van der Waals surface area contributed by atoms with Gasteiger partial charge in [-0.1, -0.05) is 0 Å². The van der Waals surface area contributed by atoms with E-state index in [-0.39, 0.29) is 29.2 Å². The van der Waals surface area contributed by atoms with E-state index in [1.807, 2.05) is 0 Å². The Kier molecular flexibility index (Phi) is 4.30. The molecule has 4 rings (SSSR count). The standard InChI is InChI=1S/C19H18FN7O2/c1-9-3-12(16(22)28)13(20)6-14(9)24-18-23-8-15-17(25-18)27(19(29)26(15)2)11-4-10(5-11)7-21/h3,6,8,10-11H,4-5H2,1-2H3,(H2,22,28)(H,23,24,25). The predicted molar refractivity (Wildman–Crippen MR) is 103 cm³/mol. The van der Waals surface area contributed by atoms with Crippen LogP contribution in [0.15, 0.2) is 23.1 Å². The van der Waals surface area contributed by atoms with Gasteiger partial charge in [-0.15, -0.1) is 0 Å². The van der Waals surface area contributed by atoms with Crippen molar-refractivity contribution in [1.82, 2.24) is 19.1 Å². The first-order valence-corrected chi connectivity index (χ1v) is 9.00. The summed E-state index contributed by atoms with van der Waals surface area (Å²) < 4.78 is 17.2. The van der Waals surface area contributed by atoms with Crippen LogP contribution in [-0.4, -0.2) is 25.0 Å². The smallest absolute Gasteiger partial charge is 0.330 e. The maximum atomic E-state index is 14.1. The second-order valence-electron chi connectivity index (χ2n) is 7.20. The number of benzene rings is 1. The minimum atomic E-state index is -0.848. The molecule has 0 radical (unpaired) electrons. The molecule has 0 aliphatic heterocycles. The molecular formula is C19H18FN7O2. The van der Waals surface area contributed by atoms with Crippen LogP contribution in [0, 0.1) is 30.0 Å². The second kappa shape index (κ2) is 6.70. The van der Waals surface area contributed by atoms with E-state index in [2.05, 4.69) is 21.4 Å². The summed E-state index contributed by atoms with van der Waals surface area (Å²) in [6, 6.07) is 4.63. The van der Waals surface area contributed by atoms with Crippen LogP contribution in [0.25, 0.3) is 11.2 Å². The number of nitrogens with two attached hydrogens (primary N) is 1. The molecule has 1 fully saturated rings. The zero-order chi connectivity index (χ0) is 20.9. The summed E-state index contributed by atoms with van der Waals surface area (Å²) in [6.45, 7) is 1.70. The van der Waals surface area contributed by atoms with Crippen LogP contribution < -0.4 is 16.7 Å². The monoisotopic (exact) mass is 395 g/mol. The van der Waals surface area contributed by atoms with Crippen molar-refractivity contribution in [3.8, 4) is 6.07 Å². The number of carbonyl (C=O) groups excluding carboxylic acids is 1. The number of rotatable bonds is 4. The minimum absolute atomic E-state index is 0.0593. The number of nitriles is 1. The number of anilines is 2. The van der Waals surface area contributed by atoms with Crippen LogP contribution in [0.1, 0.15) is 34.8 Å². The summed E-state index contributed by atoms with van der Waals surface area (Å²) in [5.74, 6) is -1.47. The highest BCUT2D eigenvalue weighted by atomic mass is 19.1. The highest BCUT2D eigenvalue weighted by Gasteiger charge is 2.33. The van der Waals surface area contributed by atoms with Crippen LogP contribution in [0.4, 0.5) is 16.0 Å². The Balaban J connectivity index is 1.73. The first kappa shape index (κ1) is 18.6. The second-order valence-corrected chi connectivity index (χ2v) is 7.20. The molecule has 29 heavy (non-hydrogen) atoms. The molecule has 0 spiro atoms. The number of fused-ring (bicyclic) bond motifs is 1. The predicted octanol–water partition coefficient (Wildman–Crippen LogP) is 1.89. The molecule has 148 valence electrons. The van der Waals surface area contributed by atoms with E-state index in [4.69, 9.17) is 11.0 Å². The molecule has 9 nitrogen and oxygen atoms in total. The van der Waals surface area contributed by atoms with Gasteiger partial charge in [0, 0.05) is 18.8 Å². The highest BCUT2D eigenvalue weighted by molar-refractivity contribution is 5.94. The largest absolute Gasteiger partial charge is 0.366 e. The number of imidazole rings is 1. The van der Waals surface area contributed by atoms with Gasteiger partial charge >= 0.3 is 5.69 Å². The van der Waals surface area contributed by atoms with Crippen LogP contribution in [0.3, 0.4) is 0 Å². The third kappa shape index (κ3) is 3.00. The summed E-state index contributed by atoms with van der Waals surface area (Å²) >= 11 is 0. The molecule has 1 aromatic carbocycles. The zero-order valence-corrected chi connectivity index (χ0v) is 15.8. The summed E-state index contributed by atoms with van der Waals surface area (Å²) in [4.78, 5) is 32.6. The Labute approximate surface area is 164 Å². The lowest BCUT2D eigenvalue weighted by Gasteiger charge is -2.31. The molecule has 0 bridgehead atoms. The molecule has 1 saturated carbocycles. The lowest BCUT2D eigenvalue weighted by Crippen LogP contribution is -2.33. The third-order valence-electron chi connectivity index (χ3n) is 5.32. The van der Waals surface area contributed by atoms with Crippen LogP contribution in [0.2, 0.25) is 0 Å². The van der Waals surface area contributed by atoms with Crippen LogP contribution >= 0.6 is 0 Å². The zero-order valence-electron chi connectivity index (χ0n) is 15.8. The summed E-state index contributed by atoms with van der Waals surface area (Å²) in [5, 5.41) is 11.9. The molecule has 3 aromatic rings. The molecule has 0 atom stereocenters. The maximum Gasteiger partial charge on any atom is 0.330 e. The Bertz CT molecular complexity index is 1250. The number of amides is 1. The van der Waals surface area contributed by atoms with Gasteiger partial charge in [-0.05, 0) is 37.5 Å². The van der Waals surface area contributed by atoms with Crippen molar-refractivity contribution < 1.29 is 9.18 Å². The number of primary amides is 1. The van der Waals surface area contributed by atoms with Crippen LogP contribution in [0.5, 0.6) is 0 Å². The van der Waals surface area contributed by atoms with Crippen molar-refractivity contribution >= 4 is 28.7 Å². The van der Waals surface area contributed by atoms with Gasteiger partial charge in [0.2, 0.25) is 5.95 Å². The Morgan fingerprint density at radius 3 is 2.79 bits per heavy atom. The minimum Gasteiger partial charge on any atom is -0.366 e. The number of hydrogen-bond acceptors (Lipinski definition) is 6. The SMILES string of the molecule is Cc1cc(C(N)=O)c(F)cc1Nc1ncc2c(n1)n(C1CC(C#N)C1)c(=O)n2C. The Hall–Kier alpha value is -3.74. The molecule has 2 aromatic heterocycles. The number of carbonyl (C=O) groups is 1. The summed E-state index contributed by atoms with van der Waals surface area (Å²) in [5.41, 5.74) is 6.73. The molecule has 0 saturated heterocycles. The fourth-order valence-corrected chi connectivity index (χ4v) is 3.55. The number of aromatic nitrogens is 4. The van der Waals surface area contributed by atoms with Crippen molar-refractivity contribution in [3.05, 3.63) is 45.8 Å². The normalized spacial score (nSPS) is 18.3. The van der Waals surface area contributed by atoms with Crippen molar-refractivity contribution in [2.24, 2.45) is 18.7 Å². The number of hydrogen-bond donors (Lipinski definition) is 2. The summed E-state index contributed by atoms with van der Waals surface area (Å²) in [7, 11) is 1.64. The molecule has 1 aliphatic rings. The van der Waals surface area contributed by atoms with Gasteiger partial charge < -0.3 is 11.1 Å². The van der Waals surface area contributed by atoms with Gasteiger partial charge in [0.25, 0.3) is 5.91 Å². The average Bonchev–Trinajstić information content (AvgIpc) is 2.88. The fraction of sp³-hybridized carbons (Fsp3) is 0.316. The quantitative estimate of drug-likeness (QED) is 0.693. The van der Waals surface area contributed by atoms with E-state index in [0.29, 0.717) is 35.3 Å². The van der Waals surface area contributed by atoms with Gasteiger partial charge in [0.15, 0.2) is 5.65 Å². The fourth-order valence-electron chi connectivity index (χ4n) is 3.55. The van der Waals surface area contributed by atoms with E-state index in [9.17, 15) is 14.0 Å². The third-order valence-corrected chi connectivity index (χ3v) is 5.32. The lowest BCUT2D eigenvalue weighted by molar-refractivity contribution is 0.0996. The first-order valence-electron chi connectivity index (χ1n) is 9.00. The van der Waals surface area contributed by atoms with E-state index < -0.39 is 11.7 Å². The topological polar surface area (TPSA) is 132 Å². The molecule has 3 N–H and O–H groups in total. The highest BCUT2D eigenvalue weighted by Crippen LogP contribution is 2.37. The van der Waals surface area contributed by atoms with Crippen molar-refractivity contribution in [3.63, 3.8) is 0 Å². The molecule has 10 heteroatoms. The number of nitrogens with zero attached hydrogens (tertiary/aromatic N) is 5. The molecule has 0 unspecified atom stereocenters. The number of aryl methyl sites for hydroxylation is 2. The van der Waals surface area contributed by atoms with E-state index >= 15 is 0 Å². The molecule has 1 amide bonds. The van der Waals surface area contributed by atoms with Gasteiger partial charge in [-0.2, -0.15) is 10.2 Å². The number of nitrogens with one attached hydrogen (secondary N) is 1. The molecular weight excluding hydrogens is 377 g/mol. The average molecular weight is 395 g/mol. The Morgan fingerprint density at radius 1 is 1.41 bits per heavy atom. The molecule has 2 heterocycles. The van der Waals surface area contributed by atoms with Crippen molar-refractivity contribution in [1.29, 1.82) is 5.26 Å². The molecule has 1 aliphatic carbocycles. The maximum absolute atomic E-state index is 14.1. The van der Waals surface area contributed by atoms with Gasteiger partial charge in [0.1, 0.15) is 11.3 Å². The van der Waals surface area contributed by atoms with E-state index in [1.54, 1.807) is 18.5 Å². The van der Waals surface area contributed by atoms with Gasteiger partial charge in [-0.25, -0.2) is 14.2 Å². The lowest BCUT2D eigenvalue weighted by atomic mass is 9.81. The summed E-state index contributed by atoms with van der Waals surface area (Å²) in [6.07, 6.45) is 2.72. The van der Waals surface area contributed by atoms with Crippen LogP contribution in [-0.2, 0) is 7.05 Å². The van der Waals surface area contributed by atoms with E-state index in [1.165, 1.54) is 16.8 Å². The van der Waals surface area contributed by atoms with Gasteiger partial charge in [0.05, 0.1) is 23.7 Å².